The second-order valence-corrected chi connectivity index (χ2v) is 16.2. The average molecular weight is 603 g/mol. The van der Waals surface area contributed by atoms with Crippen LogP contribution < -0.4 is 10.4 Å². The Labute approximate surface area is 250 Å². The standard InChI is InChI=1S/C32H46O9Si/c1-8-37-26(33)23-39-28(30(36)41-31(2,3)4)27(29(34)35)38-21-15-16-22-40-42(32(5,6)7,24-17-11-9-12-18-24)25-19-13-10-14-20-25/h9-14,17-20,27-28H,8,15-16,21-23H2,1-7H3,(H,34,35)/t27-,28-/m1/s1. The van der Waals surface area contributed by atoms with E-state index in [1.165, 1.54) is 10.4 Å². The highest BCUT2D eigenvalue weighted by atomic mass is 28.4. The molecule has 0 unspecified atom stereocenters. The summed E-state index contributed by atoms with van der Waals surface area (Å²) in [5, 5.41) is 12.0. The van der Waals surface area contributed by atoms with Crippen molar-refractivity contribution >= 4 is 36.6 Å². The lowest BCUT2D eigenvalue weighted by Gasteiger charge is -2.43. The van der Waals surface area contributed by atoms with Crippen molar-refractivity contribution in [1.29, 1.82) is 0 Å². The molecule has 0 aliphatic rings. The Balaban J connectivity index is 2.12. The lowest BCUT2D eigenvalue weighted by Crippen LogP contribution is -2.66. The van der Waals surface area contributed by atoms with E-state index in [9.17, 15) is 19.5 Å². The number of benzene rings is 2. The van der Waals surface area contributed by atoms with Crippen LogP contribution in [0.15, 0.2) is 60.7 Å². The van der Waals surface area contributed by atoms with Gasteiger partial charge in [0.05, 0.1) is 6.61 Å². The summed E-state index contributed by atoms with van der Waals surface area (Å²) in [6.07, 6.45) is -2.26. The van der Waals surface area contributed by atoms with Crippen LogP contribution in [0.1, 0.15) is 61.3 Å². The van der Waals surface area contributed by atoms with Crippen molar-refractivity contribution in [2.75, 3.05) is 26.4 Å². The van der Waals surface area contributed by atoms with Gasteiger partial charge in [-0.25, -0.2) is 14.4 Å². The number of hydrogen-bond donors (Lipinski definition) is 1. The first-order chi connectivity index (χ1) is 19.7. The van der Waals surface area contributed by atoms with E-state index in [-0.39, 0.29) is 18.3 Å². The van der Waals surface area contributed by atoms with Crippen LogP contribution in [-0.4, -0.2) is 75.6 Å². The third-order valence-corrected chi connectivity index (χ3v) is 11.5. The van der Waals surface area contributed by atoms with Gasteiger partial charge in [-0.2, -0.15) is 0 Å². The molecule has 2 atom stereocenters. The number of aliphatic carboxylic acids is 1. The summed E-state index contributed by atoms with van der Waals surface area (Å²) < 4.78 is 28.1. The molecule has 0 fully saturated rings. The Morgan fingerprint density at radius 3 is 1.76 bits per heavy atom. The number of unbranched alkanes of at least 4 members (excludes halogenated alkanes) is 1. The van der Waals surface area contributed by atoms with E-state index in [2.05, 4.69) is 45.0 Å². The van der Waals surface area contributed by atoms with Crippen LogP contribution in [0.3, 0.4) is 0 Å². The molecule has 9 nitrogen and oxygen atoms in total. The molecule has 42 heavy (non-hydrogen) atoms. The summed E-state index contributed by atoms with van der Waals surface area (Å²) in [7, 11) is -2.69. The summed E-state index contributed by atoms with van der Waals surface area (Å²) in [6.45, 7) is 13.1. The Bertz CT molecular complexity index is 1080. The molecule has 2 rings (SSSR count). The fourth-order valence-electron chi connectivity index (χ4n) is 4.69. The highest BCUT2D eigenvalue weighted by Gasteiger charge is 2.50. The van der Waals surface area contributed by atoms with Crippen LogP contribution in [0, 0.1) is 0 Å². The summed E-state index contributed by atoms with van der Waals surface area (Å²) in [6, 6.07) is 20.6. The Hall–Kier alpha value is -3.05. The first kappa shape index (κ1) is 35.1. The maximum absolute atomic E-state index is 12.8. The van der Waals surface area contributed by atoms with E-state index in [0.29, 0.717) is 19.4 Å². The molecule has 0 aliphatic heterocycles. The average Bonchev–Trinajstić information content (AvgIpc) is 2.91. The Morgan fingerprint density at radius 2 is 1.31 bits per heavy atom. The van der Waals surface area contributed by atoms with Crippen LogP contribution in [0.25, 0.3) is 0 Å². The van der Waals surface area contributed by atoms with Crippen molar-refractivity contribution < 1.29 is 42.9 Å². The molecular weight excluding hydrogens is 556 g/mol. The number of esters is 2. The molecule has 2 aromatic rings. The molecule has 0 saturated carbocycles. The Kier molecular flexibility index (Phi) is 13.4. The van der Waals surface area contributed by atoms with E-state index in [0.717, 1.165) is 0 Å². The van der Waals surface area contributed by atoms with E-state index < -0.39 is 50.6 Å². The minimum atomic E-state index is -2.69. The smallest absolute Gasteiger partial charge is 0.339 e. The summed E-state index contributed by atoms with van der Waals surface area (Å²) in [5.41, 5.74) is -0.899. The lowest BCUT2D eigenvalue weighted by atomic mass is 10.1. The molecule has 0 heterocycles. The second kappa shape index (κ2) is 16.0. The molecule has 0 aromatic heterocycles. The van der Waals surface area contributed by atoms with Gasteiger partial charge >= 0.3 is 17.9 Å². The molecule has 10 heteroatoms. The number of carboxylic acid groups (broad SMARTS) is 1. The number of carboxylic acids is 1. The first-order valence-electron chi connectivity index (χ1n) is 14.3. The minimum absolute atomic E-state index is 0.0309. The molecule has 0 aliphatic carbocycles. The van der Waals surface area contributed by atoms with Gasteiger partial charge in [0.25, 0.3) is 8.32 Å². The van der Waals surface area contributed by atoms with Crippen molar-refractivity contribution in [3.8, 4) is 0 Å². The number of rotatable bonds is 16. The number of carbonyl (C=O) groups excluding carboxylic acids is 2. The van der Waals surface area contributed by atoms with Gasteiger partial charge in [-0.3, -0.25) is 0 Å². The third kappa shape index (κ3) is 10.0. The molecule has 2 aromatic carbocycles. The van der Waals surface area contributed by atoms with Gasteiger partial charge in [0, 0.05) is 13.2 Å². The second-order valence-electron chi connectivity index (χ2n) is 11.9. The van der Waals surface area contributed by atoms with E-state index in [4.69, 9.17) is 23.4 Å². The van der Waals surface area contributed by atoms with E-state index in [1.54, 1.807) is 27.7 Å². The number of ether oxygens (including phenoxy) is 4. The SMILES string of the molecule is CCOC(=O)CO[C@@H](C(=O)OC(C)(C)C)[C@@H](OCCCCO[Si](c1ccccc1)(c1ccccc1)C(C)(C)C)C(=O)O. The van der Waals surface area contributed by atoms with Gasteiger partial charge < -0.3 is 28.5 Å². The summed E-state index contributed by atoms with van der Waals surface area (Å²) >= 11 is 0. The van der Waals surface area contributed by atoms with Crippen LogP contribution in [0.5, 0.6) is 0 Å². The molecule has 0 radical (unpaired) electrons. The van der Waals surface area contributed by atoms with Gasteiger partial charge in [-0.15, -0.1) is 0 Å². The normalized spacial score (nSPS) is 13.7. The highest BCUT2D eigenvalue weighted by molar-refractivity contribution is 6.99. The fourth-order valence-corrected chi connectivity index (χ4v) is 9.29. The predicted molar refractivity (Wildman–Crippen MR) is 162 cm³/mol. The van der Waals surface area contributed by atoms with Crippen molar-refractivity contribution in [2.24, 2.45) is 0 Å². The summed E-state index contributed by atoms with van der Waals surface area (Å²) in [5.74, 6) is -3.07. The van der Waals surface area contributed by atoms with Crippen LogP contribution in [0.2, 0.25) is 5.04 Å². The summed E-state index contributed by atoms with van der Waals surface area (Å²) in [4.78, 5) is 36.8. The zero-order valence-corrected chi connectivity index (χ0v) is 26.9. The highest BCUT2D eigenvalue weighted by Crippen LogP contribution is 2.36. The van der Waals surface area contributed by atoms with Crippen LogP contribution in [-0.2, 0) is 37.8 Å². The van der Waals surface area contributed by atoms with Crippen molar-refractivity contribution in [3.05, 3.63) is 60.7 Å². The third-order valence-electron chi connectivity index (χ3n) is 6.41. The van der Waals surface area contributed by atoms with Crippen molar-refractivity contribution in [1.82, 2.24) is 0 Å². The maximum Gasteiger partial charge on any atom is 0.339 e. The topological polar surface area (TPSA) is 118 Å². The molecular formula is C32H46O9Si. The van der Waals surface area contributed by atoms with Gasteiger partial charge in [0.2, 0.25) is 0 Å². The quantitative estimate of drug-likeness (QED) is 0.172. The predicted octanol–water partition coefficient (Wildman–Crippen LogP) is 4.10. The lowest BCUT2D eigenvalue weighted by molar-refractivity contribution is -0.190. The molecule has 0 saturated heterocycles. The molecule has 1 N–H and O–H groups in total. The van der Waals surface area contributed by atoms with Crippen LogP contribution >= 0.6 is 0 Å². The largest absolute Gasteiger partial charge is 0.479 e. The molecule has 0 spiro atoms. The van der Waals surface area contributed by atoms with E-state index in [1.807, 2.05) is 36.4 Å². The number of carbonyl (C=O) groups is 3. The van der Waals surface area contributed by atoms with Gasteiger partial charge in [0.15, 0.2) is 12.2 Å². The van der Waals surface area contributed by atoms with Crippen molar-refractivity contribution in [2.45, 2.75) is 84.2 Å². The molecule has 232 valence electrons. The zero-order chi connectivity index (χ0) is 31.4. The Morgan fingerprint density at radius 1 is 0.786 bits per heavy atom. The molecule has 0 amide bonds. The zero-order valence-electron chi connectivity index (χ0n) is 25.9. The minimum Gasteiger partial charge on any atom is -0.479 e. The number of hydrogen-bond acceptors (Lipinski definition) is 8. The maximum atomic E-state index is 12.8. The van der Waals surface area contributed by atoms with Gasteiger partial charge in [0.1, 0.15) is 12.2 Å². The first-order valence-corrected chi connectivity index (χ1v) is 16.2. The van der Waals surface area contributed by atoms with Crippen molar-refractivity contribution in [3.63, 3.8) is 0 Å². The van der Waals surface area contributed by atoms with Crippen LogP contribution in [0.4, 0.5) is 0 Å². The molecule has 0 bridgehead atoms. The van der Waals surface area contributed by atoms with Gasteiger partial charge in [-0.05, 0) is 55.9 Å². The monoisotopic (exact) mass is 602 g/mol. The fraction of sp³-hybridized carbons (Fsp3) is 0.531. The van der Waals surface area contributed by atoms with E-state index >= 15 is 0 Å². The van der Waals surface area contributed by atoms with Gasteiger partial charge in [-0.1, -0.05) is 81.4 Å².